The molecule has 0 heterocycles. The van der Waals surface area contributed by atoms with E-state index in [1.54, 1.807) is 89.1 Å². The summed E-state index contributed by atoms with van der Waals surface area (Å²) in [7, 11) is 6.27. The predicted octanol–water partition coefficient (Wildman–Crippen LogP) is 5.51. The van der Waals surface area contributed by atoms with Gasteiger partial charge in [0.05, 0.1) is 28.4 Å². The topological polar surface area (TPSA) is 71.1 Å². The van der Waals surface area contributed by atoms with Crippen LogP contribution < -0.4 is 18.9 Å². The molecular weight excluding hydrogens is 432 g/mol. The van der Waals surface area contributed by atoms with Gasteiger partial charge in [-0.3, -0.25) is 9.59 Å². The number of benzene rings is 3. The first-order valence-corrected chi connectivity index (χ1v) is 10.5. The van der Waals surface area contributed by atoms with E-state index in [1.165, 1.54) is 12.2 Å². The van der Waals surface area contributed by atoms with E-state index in [0.29, 0.717) is 34.1 Å². The van der Waals surface area contributed by atoms with E-state index in [-0.39, 0.29) is 11.6 Å². The van der Waals surface area contributed by atoms with Crippen LogP contribution in [0.5, 0.6) is 23.0 Å². The van der Waals surface area contributed by atoms with Gasteiger partial charge in [-0.05, 0) is 48.6 Å². The van der Waals surface area contributed by atoms with Gasteiger partial charge in [0.25, 0.3) is 0 Å². The third-order valence-corrected chi connectivity index (χ3v) is 5.16. The predicted molar refractivity (Wildman–Crippen MR) is 132 cm³/mol. The lowest BCUT2D eigenvalue weighted by atomic mass is 10.0. The van der Waals surface area contributed by atoms with Crippen LogP contribution in [0.25, 0.3) is 12.2 Å². The van der Waals surface area contributed by atoms with Crippen molar-refractivity contribution in [2.24, 2.45) is 0 Å². The minimum Gasteiger partial charge on any atom is -0.497 e. The second-order valence-electron chi connectivity index (χ2n) is 7.19. The molecule has 0 amide bonds. The Morgan fingerprint density at radius 1 is 0.559 bits per heavy atom. The summed E-state index contributed by atoms with van der Waals surface area (Å²) in [6, 6.07) is 17.2. The fourth-order valence-corrected chi connectivity index (χ4v) is 3.23. The molecule has 174 valence electrons. The molecule has 3 aromatic carbocycles. The molecule has 0 radical (unpaired) electrons. The summed E-state index contributed by atoms with van der Waals surface area (Å²) < 4.78 is 21.1. The first-order chi connectivity index (χ1) is 16.5. The van der Waals surface area contributed by atoms with Gasteiger partial charge in [-0.1, -0.05) is 24.3 Å². The van der Waals surface area contributed by atoms with Crippen LogP contribution in [-0.2, 0) is 0 Å². The van der Waals surface area contributed by atoms with Gasteiger partial charge >= 0.3 is 0 Å². The largest absolute Gasteiger partial charge is 0.497 e. The fraction of sp³-hybridized carbons (Fsp3) is 0.143. The quantitative estimate of drug-likeness (QED) is 0.295. The van der Waals surface area contributed by atoms with E-state index in [1.807, 2.05) is 12.1 Å². The van der Waals surface area contributed by atoms with Crippen molar-refractivity contribution < 1.29 is 28.5 Å². The van der Waals surface area contributed by atoms with Gasteiger partial charge in [0, 0.05) is 34.4 Å². The van der Waals surface area contributed by atoms with Crippen molar-refractivity contribution in [1.29, 1.82) is 0 Å². The minimum absolute atomic E-state index is 0.185. The average molecular weight is 459 g/mol. The van der Waals surface area contributed by atoms with Gasteiger partial charge in [0.15, 0.2) is 11.6 Å². The molecule has 34 heavy (non-hydrogen) atoms. The van der Waals surface area contributed by atoms with E-state index < -0.39 is 0 Å². The summed E-state index contributed by atoms with van der Waals surface area (Å²) in [6.45, 7) is 0. The Balaban J connectivity index is 1.70. The summed E-state index contributed by atoms with van der Waals surface area (Å²) in [5.41, 5.74) is 2.45. The average Bonchev–Trinajstić information content (AvgIpc) is 2.90. The molecule has 0 spiro atoms. The molecule has 0 aliphatic carbocycles. The van der Waals surface area contributed by atoms with Crippen LogP contribution >= 0.6 is 0 Å². The molecule has 0 saturated heterocycles. The highest BCUT2D eigenvalue weighted by Gasteiger charge is 2.08. The highest BCUT2D eigenvalue weighted by Crippen LogP contribution is 2.27. The number of carbonyl (C=O) groups is 2. The van der Waals surface area contributed by atoms with Crippen LogP contribution in [0.1, 0.15) is 31.8 Å². The lowest BCUT2D eigenvalue weighted by Crippen LogP contribution is -1.98. The molecule has 0 fully saturated rings. The Labute approximate surface area is 199 Å². The zero-order chi connectivity index (χ0) is 24.5. The number of ether oxygens (including phenoxy) is 4. The molecule has 0 N–H and O–H groups in total. The molecule has 0 bridgehead atoms. The molecule has 3 rings (SSSR count). The Hall–Kier alpha value is -4.32. The molecule has 0 aliphatic rings. The zero-order valence-electron chi connectivity index (χ0n) is 19.5. The Bertz CT molecular complexity index is 1130. The zero-order valence-corrected chi connectivity index (χ0v) is 19.5. The van der Waals surface area contributed by atoms with Crippen LogP contribution in [-0.4, -0.2) is 40.0 Å². The van der Waals surface area contributed by atoms with Crippen molar-refractivity contribution in [3.63, 3.8) is 0 Å². The van der Waals surface area contributed by atoms with Crippen LogP contribution in [0, 0.1) is 0 Å². The normalized spacial score (nSPS) is 10.9. The van der Waals surface area contributed by atoms with Gasteiger partial charge in [-0.2, -0.15) is 0 Å². The van der Waals surface area contributed by atoms with Gasteiger partial charge in [0.1, 0.15) is 23.0 Å². The molecule has 6 heteroatoms. The maximum Gasteiger partial charge on any atom is 0.185 e. The molecule has 0 aliphatic heterocycles. The number of rotatable bonds is 10. The third-order valence-electron chi connectivity index (χ3n) is 5.16. The van der Waals surface area contributed by atoms with Crippen molar-refractivity contribution in [3.05, 3.63) is 95.1 Å². The van der Waals surface area contributed by atoms with E-state index in [9.17, 15) is 9.59 Å². The van der Waals surface area contributed by atoms with Crippen LogP contribution in [0.15, 0.2) is 72.8 Å². The second-order valence-corrected chi connectivity index (χ2v) is 7.19. The number of hydrogen-bond donors (Lipinski definition) is 0. The first-order valence-electron chi connectivity index (χ1n) is 10.5. The summed E-state index contributed by atoms with van der Waals surface area (Å²) >= 11 is 0. The Morgan fingerprint density at radius 2 is 0.941 bits per heavy atom. The van der Waals surface area contributed by atoms with E-state index in [2.05, 4.69) is 0 Å². The van der Waals surface area contributed by atoms with Crippen molar-refractivity contribution in [2.75, 3.05) is 28.4 Å². The summed E-state index contributed by atoms with van der Waals surface area (Å²) in [5, 5.41) is 0. The molecule has 0 saturated carbocycles. The molecule has 0 aromatic heterocycles. The first kappa shape index (κ1) is 24.3. The maximum absolute atomic E-state index is 12.6. The minimum atomic E-state index is -0.185. The van der Waals surface area contributed by atoms with Crippen LogP contribution in [0.2, 0.25) is 0 Å². The molecule has 3 aromatic rings. The smallest absolute Gasteiger partial charge is 0.185 e. The van der Waals surface area contributed by atoms with Gasteiger partial charge in [-0.15, -0.1) is 0 Å². The molecule has 0 atom stereocenters. The van der Waals surface area contributed by atoms with Gasteiger partial charge in [-0.25, -0.2) is 0 Å². The van der Waals surface area contributed by atoms with Crippen molar-refractivity contribution in [3.8, 4) is 23.0 Å². The Kier molecular flexibility index (Phi) is 8.24. The second kappa shape index (κ2) is 11.5. The summed E-state index contributed by atoms with van der Waals surface area (Å²) in [6.07, 6.45) is 6.31. The number of methoxy groups -OCH3 is 4. The number of allylic oxidation sites excluding steroid dienone is 2. The lowest BCUT2D eigenvalue weighted by Gasteiger charge is -2.07. The number of hydrogen-bond acceptors (Lipinski definition) is 6. The highest BCUT2D eigenvalue weighted by molar-refractivity contribution is 6.09. The third kappa shape index (κ3) is 5.92. The summed E-state index contributed by atoms with van der Waals surface area (Å²) in [4.78, 5) is 25.2. The van der Waals surface area contributed by atoms with Gasteiger partial charge < -0.3 is 18.9 Å². The van der Waals surface area contributed by atoms with Crippen LogP contribution in [0.4, 0.5) is 0 Å². The standard InChI is InChI=1S/C28H26O6/c1-31-23-13-9-21(27(17-23)33-3)11-15-25(29)19-5-7-20(8-6-19)26(30)16-12-22-10-14-24(32-2)18-28(22)34-4/h5-18H,1-4H3/b15-11-,16-12+. The van der Waals surface area contributed by atoms with E-state index >= 15 is 0 Å². The van der Waals surface area contributed by atoms with Crippen LogP contribution in [0.3, 0.4) is 0 Å². The highest BCUT2D eigenvalue weighted by atomic mass is 16.5. The van der Waals surface area contributed by atoms with Crippen molar-refractivity contribution in [2.45, 2.75) is 0 Å². The maximum atomic E-state index is 12.6. The van der Waals surface area contributed by atoms with Gasteiger partial charge in [0.2, 0.25) is 0 Å². The fourth-order valence-electron chi connectivity index (χ4n) is 3.23. The lowest BCUT2D eigenvalue weighted by molar-refractivity contribution is 0.103. The SMILES string of the molecule is COc1ccc(/C=C\C(=O)c2ccc(C(=O)/C=C/c3ccc(OC)cc3OC)cc2)c(OC)c1. The Morgan fingerprint density at radius 3 is 1.26 bits per heavy atom. The molecular formula is C28H26O6. The molecule has 0 unspecified atom stereocenters. The summed E-state index contributed by atoms with van der Waals surface area (Å²) in [5.74, 6) is 2.17. The number of carbonyl (C=O) groups excluding carboxylic acids is 2. The van der Waals surface area contributed by atoms with Crippen molar-refractivity contribution in [1.82, 2.24) is 0 Å². The van der Waals surface area contributed by atoms with E-state index in [0.717, 1.165) is 11.1 Å². The molecule has 6 nitrogen and oxygen atoms in total. The van der Waals surface area contributed by atoms with Crippen molar-refractivity contribution >= 4 is 23.7 Å². The van der Waals surface area contributed by atoms with E-state index in [4.69, 9.17) is 18.9 Å². The number of ketones is 2. The monoisotopic (exact) mass is 458 g/mol.